The van der Waals surface area contributed by atoms with E-state index in [4.69, 9.17) is 5.11 Å². The molecule has 0 saturated heterocycles. The Balaban J connectivity index is 4.00. The summed E-state index contributed by atoms with van der Waals surface area (Å²) in [4.78, 5) is 10.8. The van der Waals surface area contributed by atoms with Gasteiger partial charge in [-0.3, -0.25) is 4.79 Å². The van der Waals surface area contributed by atoms with Gasteiger partial charge in [0.1, 0.15) is 0 Å². The van der Waals surface area contributed by atoms with Crippen LogP contribution in [0.1, 0.15) is 20.3 Å². The van der Waals surface area contributed by atoms with Gasteiger partial charge in [-0.15, -0.1) is 0 Å². The monoisotopic (exact) mass is 216 g/mol. The second kappa shape index (κ2) is 7.43. The Kier molecular flexibility index (Phi) is 6.99. The first-order valence-corrected chi connectivity index (χ1v) is 5.05. The van der Waals surface area contributed by atoms with Gasteiger partial charge in [0.15, 0.2) is 0 Å². The van der Waals surface area contributed by atoms with Crippen LogP contribution in [0.5, 0.6) is 0 Å². The number of aliphatic hydroxyl groups is 2. The Bertz CT molecular complexity index is 213. The molecule has 0 unspecified atom stereocenters. The van der Waals surface area contributed by atoms with Crippen LogP contribution in [-0.2, 0) is 9.53 Å². The molecule has 0 aliphatic carbocycles. The van der Waals surface area contributed by atoms with E-state index < -0.39 is 6.10 Å². The van der Waals surface area contributed by atoms with E-state index in [0.29, 0.717) is 0 Å². The molecule has 3 atom stereocenters. The molecule has 0 saturated carbocycles. The van der Waals surface area contributed by atoms with Crippen LogP contribution in [-0.4, -0.2) is 36.0 Å². The number of esters is 1. The van der Waals surface area contributed by atoms with Crippen molar-refractivity contribution in [2.24, 2.45) is 11.8 Å². The standard InChI is InChI=1S/C11H20O4/c1-8(11(14)9(2)7-12)5-4-6-10(13)15-3/h4-5,8-9,11-12,14H,6-7H2,1-3H3/b5-4+/t8-,9+,11+/m1/s1. The summed E-state index contributed by atoms with van der Waals surface area (Å²) < 4.78 is 4.47. The number of carbonyl (C=O) groups is 1. The second-order valence-electron chi connectivity index (χ2n) is 3.72. The van der Waals surface area contributed by atoms with Gasteiger partial charge < -0.3 is 14.9 Å². The highest BCUT2D eigenvalue weighted by atomic mass is 16.5. The lowest BCUT2D eigenvalue weighted by molar-refractivity contribution is -0.139. The van der Waals surface area contributed by atoms with Crippen molar-refractivity contribution in [3.8, 4) is 0 Å². The Hall–Kier alpha value is -0.870. The number of carbonyl (C=O) groups excluding carboxylic acids is 1. The maximum Gasteiger partial charge on any atom is 0.309 e. The van der Waals surface area contributed by atoms with Crippen LogP contribution in [0.2, 0.25) is 0 Å². The molecule has 0 bridgehead atoms. The van der Waals surface area contributed by atoms with Gasteiger partial charge >= 0.3 is 5.97 Å². The smallest absolute Gasteiger partial charge is 0.309 e. The zero-order chi connectivity index (χ0) is 11.8. The highest BCUT2D eigenvalue weighted by Gasteiger charge is 2.18. The molecule has 2 N–H and O–H groups in total. The first kappa shape index (κ1) is 14.1. The van der Waals surface area contributed by atoms with E-state index in [1.54, 1.807) is 19.1 Å². The quantitative estimate of drug-likeness (QED) is 0.507. The number of ether oxygens (including phenoxy) is 1. The maximum atomic E-state index is 10.8. The minimum absolute atomic E-state index is 0.0453. The Morgan fingerprint density at radius 3 is 2.53 bits per heavy atom. The molecule has 0 fully saturated rings. The molecule has 0 amide bonds. The van der Waals surface area contributed by atoms with Crippen LogP contribution in [0.15, 0.2) is 12.2 Å². The molecule has 0 heterocycles. The molecular formula is C11H20O4. The number of hydrogen-bond donors (Lipinski definition) is 2. The summed E-state index contributed by atoms with van der Waals surface area (Å²) >= 11 is 0. The van der Waals surface area contributed by atoms with Crippen LogP contribution in [0.4, 0.5) is 0 Å². The lowest BCUT2D eigenvalue weighted by Gasteiger charge is -2.20. The fourth-order valence-electron chi connectivity index (χ4n) is 1.20. The van der Waals surface area contributed by atoms with Crippen molar-refractivity contribution in [2.75, 3.05) is 13.7 Å². The van der Waals surface area contributed by atoms with E-state index in [1.165, 1.54) is 7.11 Å². The lowest BCUT2D eigenvalue weighted by Crippen LogP contribution is -2.26. The van der Waals surface area contributed by atoms with Gasteiger partial charge in [0, 0.05) is 18.4 Å². The summed E-state index contributed by atoms with van der Waals surface area (Å²) in [5.74, 6) is -0.553. The third-order valence-corrected chi connectivity index (χ3v) is 2.36. The topological polar surface area (TPSA) is 66.8 Å². The van der Waals surface area contributed by atoms with Crippen molar-refractivity contribution < 1.29 is 19.7 Å². The average Bonchev–Trinajstić information content (AvgIpc) is 2.26. The molecule has 0 aliphatic heterocycles. The molecule has 0 rings (SSSR count). The highest BCUT2D eigenvalue weighted by Crippen LogP contribution is 2.13. The third-order valence-electron chi connectivity index (χ3n) is 2.36. The number of hydrogen-bond acceptors (Lipinski definition) is 4. The molecule has 0 aromatic heterocycles. The van der Waals surface area contributed by atoms with Crippen LogP contribution in [0, 0.1) is 11.8 Å². The third kappa shape index (κ3) is 5.54. The number of aliphatic hydroxyl groups excluding tert-OH is 2. The van der Waals surface area contributed by atoms with Gasteiger partial charge in [-0.2, -0.15) is 0 Å². The predicted molar refractivity (Wildman–Crippen MR) is 57.2 cm³/mol. The summed E-state index contributed by atoms with van der Waals surface area (Å²) in [5, 5.41) is 18.5. The van der Waals surface area contributed by atoms with E-state index in [2.05, 4.69) is 4.74 Å². The van der Waals surface area contributed by atoms with Gasteiger partial charge in [-0.25, -0.2) is 0 Å². The van der Waals surface area contributed by atoms with E-state index in [-0.39, 0.29) is 30.8 Å². The SMILES string of the molecule is COC(=O)C/C=C/[C@@H](C)[C@H](O)[C@@H](C)CO. The molecule has 0 aromatic carbocycles. The molecule has 4 nitrogen and oxygen atoms in total. The normalized spacial score (nSPS) is 17.4. The van der Waals surface area contributed by atoms with Crippen LogP contribution in [0.3, 0.4) is 0 Å². The van der Waals surface area contributed by atoms with Gasteiger partial charge in [0.2, 0.25) is 0 Å². The van der Waals surface area contributed by atoms with Gasteiger partial charge in [0.25, 0.3) is 0 Å². The zero-order valence-electron chi connectivity index (χ0n) is 9.51. The van der Waals surface area contributed by atoms with Gasteiger partial charge in [-0.05, 0) is 0 Å². The van der Waals surface area contributed by atoms with E-state index >= 15 is 0 Å². The van der Waals surface area contributed by atoms with E-state index in [0.717, 1.165) is 0 Å². The van der Waals surface area contributed by atoms with Crippen molar-refractivity contribution in [2.45, 2.75) is 26.4 Å². The van der Waals surface area contributed by atoms with Crippen LogP contribution < -0.4 is 0 Å². The average molecular weight is 216 g/mol. The summed E-state index contributed by atoms with van der Waals surface area (Å²) in [6.45, 7) is 3.57. The highest BCUT2D eigenvalue weighted by molar-refractivity contribution is 5.70. The maximum absolute atomic E-state index is 10.8. The molecular weight excluding hydrogens is 196 g/mol. The number of methoxy groups -OCH3 is 1. The first-order valence-electron chi connectivity index (χ1n) is 5.05. The number of rotatable bonds is 6. The molecule has 0 aromatic rings. The molecule has 0 radical (unpaired) electrons. The second-order valence-corrected chi connectivity index (χ2v) is 3.72. The Morgan fingerprint density at radius 2 is 2.07 bits per heavy atom. The van der Waals surface area contributed by atoms with E-state index in [9.17, 15) is 9.90 Å². The Labute approximate surface area is 90.6 Å². The van der Waals surface area contributed by atoms with Crippen molar-refractivity contribution in [3.05, 3.63) is 12.2 Å². The first-order chi connectivity index (χ1) is 7.02. The molecule has 4 heteroatoms. The molecule has 0 aliphatic rings. The minimum atomic E-state index is -0.594. The summed E-state index contributed by atoms with van der Waals surface area (Å²) in [5.41, 5.74) is 0. The van der Waals surface area contributed by atoms with Crippen molar-refractivity contribution in [1.82, 2.24) is 0 Å². The fourth-order valence-corrected chi connectivity index (χ4v) is 1.20. The molecule has 0 spiro atoms. The molecule has 15 heavy (non-hydrogen) atoms. The fraction of sp³-hybridized carbons (Fsp3) is 0.727. The minimum Gasteiger partial charge on any atom is -0.469 e. The van der Waals surface area contributed by atoms with Crippen LogP contribution in [0.25, 0.3) is 0 Å². The van der Waals surface area contributed by atoms with E-state index in [1.807, 2.05) is 6.92 Å². The largest absolute Gasteiger partial charge is 0.469 e. The van der Waals surface area contributed by atoms with Crippen molar-refractivity contribution >= 4 is 5.97 Å². The molecule has 88 valence electrons. The van der Waals surface area contributed by atoms with Crippen molar-refractivity contribution in [1.29, 1.82) is 0 Å². The zero-order valence-corrected chi connectivity index (χ0v) is 9.51. The van der Waals surface area contributed by atoms with Gasteiger partial charge in [0.05, 0.1) is 19.6 Å². The summed E-state index contributed by atoms with van der Waals surface area (Å²) in [6.07, 6.45) is 3.04. The summed E-state index contributed by atoms with van der Waals surface area (Å²) in [7, 11) is 1.34. The van der Waals surface area contributed by atoms with Crippen molar-refractivity contribution in [3.63, 3.8) is 0 Å². The van der Waals surface area contributed by atoms with Crippen LogP contribution >= 0.6 is 0 Å². The predicted octanol–water partition coefficient (Wildman–Crippen LogP) is 0.731. The van der Waals surface area contributed by atoms with Gasteiger partial charge in [-0.1, -0.05) is 26.0 Å². The Morgan fingerprint density at radius 1 is 1.47 bits per heavy atom. The lowest BCUT2D eigenvalue weighted by atomic mass is 9.93. The summed E-state index contributed by atoms with van der Waals surface area (Å²) in [6, 6.07) is 0.